The summed E-state index contributed by atoms with van der Waals surface area (Å²) in [5.41, 5.74) is 1.36. The Kier molecular flexibility index (Phi) is 12.1. The zero-order valence-electron chi connectivity index (χ0n) is 24.1. The van der Waals surface area contributed by atoms with Crippen LogP contribution in [0.25, 0.3) is 0 Å². The number of rotatable bonds is 13. The average molecular weight is 648 g/mol. The molecule has 230 valence electrons. The van der Waals surface area contributed by atoms with Crippen molar-refractivity contribution in [1.82, 2.24) is 0 Å². The molecule has 0 radical (unpaired) electrons. The first-order chi connectivity index (χ1) is 21.9. The second-order valence-electron chi connectivity index (χ2n) is 8.78. The molecule has 4 aromatic rings. The van der Waals surface area contributed by atoms with Crippen LogP contribution in [0.1, 0.15) is 55.3 Å². The van der Waals surface area contributed by atoms with Gasteiger partial charge in [0.15, 0.2) is 0 Å². The fraction of sp³-hybridized carbons (Fsp3) is 0.125. The Labute approximate surface area is 262 Å². The first-order valence-corrected chi connectivity index (χ1v) is 15.2. The fourth-order valence-corrected chi connectivity index (χ4v) is 4.46. The highest BCUT2D eigenvalue weighted by molar-refractivity contribution is 7.39. The first kappa shape index (κ1) is 32.8. The Balaban J connectivity index is 1.18. The Morgan fingerprint density at radius 2 is 0.889 bits per heavy atom. The number of benzene rings is 4. The van der Waals surface area contributed by atoms with Crippen molar-refractivity contribution in [3.05, 3.63) is 119 Å². The molecule has 0 saturated heterocycles. The molecule has 0 amide bonds. The molecule has 45 heavy (non-hydrogen) atoms. The number of hydrogen-bond acceptors (Lipinski definition) is 11. The lowest BCUT2D eigenvalue weighted by Gasteiger charge is -2.07. The summed E-state index contributed by atoms with van der Waals surface area (Å²) in [4.78, 5) is 48.4. The van der Waals surface area contributed by atoms with Crippen LogP contribution in [0, 0.1) is 0 Å². The van der Waals surface area contributed by atoms with Crippen LogP contribution in [0.15, 0.2) is 102 Å². The highest BCUT2D eigenvalue weighted by Crippen LogP contribution is 2.27. The first-order valence-electron chi connectivity index (χ1n) is 13.5. The second-order valence-corrected chi connectivity index (χ2v) is 10.3. The van der Waals surface area contributed by atoms with Gasteiger partial charge in [-0.1, -0.05) is 0 Å². The third-order valence-corrected chi connectivity index (χ3v) is 7.00. The number of carbonyl (C=O) groups excluding carboxylic acids is 4. The highest BCUT2D eigenvalue weighted by atomic mass is 31.1. The molecule has 0 N–H and O–H groups in total. The average Bonchev–Trinajstić information content (AvgIpc) is 3.06. The van der Waals surface area contributed by atoms with E-state index in [1.807, 2.05) is 0 Å². The summed E-state index contributed by atoms with van der Waals surface area (Å²) in [5, 5.41) is 0. The zero-order valence-corrected chi connectivity index (χ0v) is 26.0. The second kappa shape index (κ2) is 16.7. The molecule has 0 aliphatic carbocycles. The minimum atomic E-state index is -0.563. The van der Waals surface area contributed by atoms with Gasteiger partial charge in [0.25, 0.3) is 0 Å². The van der Waals surface area contributed by atoms with E-state index < -0.39 is 23.9 Å². The van der Waals surface area contributed by atoms with E-state index in [-0.39, 0.29) is 30.8 Å². The predicted octanol–water partition coefficient (Wildman–Crippen LogP) is 7.49. The molecule has 0 heterocycles. The quantitative estimate of drug-likeness (QED) is 0.0816. The van der Waals surface area contributed by atoms with Gasteiger partial charge in [0, 0.05) is 0 Å². The summed E-state index contributed by atoms with van der Waals surface area (Å²) >= 11 is 0. The third-order valence-electron chi connectivity index (χ3n) is 5.72. The van der Waals surface area contributed by atoms with Gasteiger partial charge in [-0.2, -0.15) is 4.52 Å². The van der Waals surface area contributed by atoms with Crippen molar-refractivity contribution in [2.24, 2.45) is 4.52 Å². The van der Waals surface area contributed by atoms with Crippen LogP contribution in [0.5, 0.6) is 23.0 Å². The molecule has 0 fully saturated rings. The highest BCUT2D eigenvalue weighted by Gasteiger charge is 2.12. The molecule has 4 aromatic carbocycles. The summed E-state index contributed by atoms with van der Waals surface area (Å²) in [7, 11) is 0.0198. The Morgan fingerprint density at radius 1 is 0.533 bits per heavy atom. The Bertz CT molecular complexity index is 1640. The van der Waals surface area contributed by atoms with Crippen LogP contribution in [0.3, 0.4) is 0 Å². The van der Waals surface area contributed by atoms with Crippen LogP contribution in [-0.4, -0.2) is 37.1 Å². The number of carbonyl (C=O) groups is 4. The molecule has 0 bridgehead atoms. The largest absolute Gasteiger partial charge is 0.462 e. The van der Waals surface area contributed by atoms with Crippen molar-refractivity contribution < 1.29 is 47.2 Å². The molecule has 1 atom stereocenters. The van der Waals surface area contributed by atoms with Gasteiger partial charge < -0.3 is 28.0 Å². The molecular weight excluding hydrogens is 620 g/mol. The van der Waals surface area contributed by atoms with Crippen LogP contribution in [0.4, 0.5) is 0 Å². The zero-order chi connectivity index (χ0) is 32.0. The maximum Gasteiger partial charge on any atom is 0.343 e. The number of ether oxygens (including phenoxy) is 4. The van der Waals surface area contributed by atoms with Crippen molar-refractivity contribution in [1.29, 1.82) is 0 Å². The van der Waals surface area contributed by atoms with E-state index in [4.69, 9.17) is 28.0 Å². The van der Waals surface area contributed by atoms with E-state index >= 15 is 0 Å². The lowest BCUT2D eigenvalue weighted by atomic mass is 10.2. The summed E-state index contributed by atoms with van der Waals surface area (Å²) in [6.45, 7) is 3.99. The van der Waals surface area contributed by atoms with Crippen LogP contribution < -0.4 is 18.5 Å². The van der Waals surface area contributed by atoms with E-state index in [2.05, 4.69) is 4.52 Å². The van der Waals surface area contributed by atoms with E-state index in [9.17, 15) is 19.2 Å². The number of hydrogen-bond donors (Lipinski definition) is 0. The molecule has 0 spiro atoms. The topological polar surface area (TPSA) is 136 Å². The lowest BCUT2D eigenvalue weighted by Crippen LogP contribution is -2.09. The van der Waals surface area contributed by atoms with Crippen molar-refractivity contribution in [3.8, 4) is 23.0 Å². The summed E-state index contributed by atoms with van der Waals surface area (Å²) in [5.74, 6) is -0.449. The molecular formula is C32H27NO10P2. The summed E-state index contributed by atoms with van der Waals surface area (Å²) < 4.78 is 35.8. The minimum Gasteiger partial charge on any atom is -0.462 e. The molecule has 0 saturated carbocycles. The van der Waals surface area contributed by atoms with E-state index in [0.717, 1.165) is 0 Å². The van der Waals surface area contributed by atoms with Gasteiger partial charge in [-0.05, 0) is 111 Å². The van der Waals surface area contributed by atoms with Crippen molar-refractivity contribution in [2.45, 2.75) is 13.8 Å². The molecule has 11 nitrogen and oxygen atoms in total. The normalized spacial score (nSPS) is 10.8. The maximum atomic E-state index is 12.4. The Morgan fingerprint density at radius 3 is 1.29 bits per heavy atom. The van der Waals surface area contributed by atoms with Gasteiger partial charge in [0.2, 0.25) is 17.6 Å². The standard InChI is InChI=1S/C32H27NO10P2/c1-3-38-29(34)21-5-13-25(14-6-21)40-31(36)23-9-17-27(18-10-23)42-44-33-45-43-28-19-11-24(12-20-28)32(37)41-26-15-7-22(8-16-26)30(35)39-4-2/h5-20,44H,3-4H2,1-2H3. The van der Waals surface area contributed by atoms with Gasteiger partial charge in [-0.3, -0.25) is 0 Å². The van der Waals surface area contributed by atoms with Crippen LogP contribution >= 0.6 is 17.6 Å². The van der Waals surface area contributed by atoms with Gasteiger partial charge in [0.1, 0.15) is 23.0 Å². The summed E-state index contributed by atoms with van der Waals surface area (Å²) in [6.07, 6.45) is 0. The molecule has 4 rings (SSSR count). The number of esters is 4. The van der Waals surface area contributed by atoms with Crippen molar-refractivity contribution >= 4 is 41.4 Å². The minimum absolute atomic E-state index is 0.268. The van der Waals surface area contributed by atoms with E-state index in [1.54, 1.807) is 62.4 Å². The van der Waals surface area contributed by atoms with Gasteiger partial charge in [-0.25, -0.2) is 19.2 Å². The van der Waals surface area contributed by atoms with Crippen molar-refractivity contribution in [2.75, 3.05) is 13.2 Å². The van der Waals surface area contributed by atoms with E-state index in [1.165, 1.54) is 48.5 Å². The molecule has 13 heteroatoms. The van der Waals surface area contributed by atoms with Gasteiger partial charge in [0.05, 0.1) is 35.5 Å². The summed E-state index contributed by atoms with van der Waals surface area (Å²) in [6, 6.07) is 24.9. The number of nitrogens with zero attached hydrogens (tertiary/aromatic N) is 1. The van der Waals surface area contributed by atoms with Crippen LogP contribution in [0.2, 0.25) is 0 Å². The van der Waals surface area contributed by atoms with E-state index in [0.29, 0.717) is 45.3 Å². The third kappa shape index (κ3) is 9.96. The van der Waals surface area contributed by atoms with Crippen LogP contribution in [-0.2, 0) is 9.47 Å². The lowest BCUT2D eigenvalue weighted by molar-refractivity contribution is 0.0516. The van der Waals surface area contributed by atoms with Crippen molar-refractivity contribution in [3.63, 3.8) is 0 Å². The van der Waals surface area contributed by atoms with Gasteiger partial charge >= 0.3 is 23.9 Å². The predicted molar refractivity (Wildman–Crippen MR) is 167 cm³/mol. The maximum absolute atomic E-state index is 12.4. The Hall–Kier alpha value is -5.11. The smallest absolute Gasteiger partial charge is 0.343 e. The van der Waals surface area contributed by atoms with Gasteiger partial charge in [-0.15, -0.1) is 0 Å². The molecule has 0 aliphatic heterocycles. The molecule has 1 unspecified atom stereocenters. The fourth-order valence-electron chi connectivity index (χ4n) is 3.55. The monoisotopic (exact) mass is 647 g/mol. The molecule has 0 aliphatic rings. The molecule has 0 aromatic heterocycles. The SMILES string of the molecule is CCOC(=O)c1ccc(OC(=O)c2ccc(OP=NPOc3ccc(C(=O)Oc4ccc(C(=O)OCC)cc4)cc3)cc2)cc1.